The molecule has 0 radical (unpaired) electrons. The van der Waals surface area contributed by atoms with Gasteiger partial charge in [-0.2, -0.15) is 0 Å². The maximum Gasteiger partial charge on any atom is 0.267 e. The highest BCUT2D eigenvalue weighted by molar-refractivity contribution is 6.43. The van der Waals surface area contributed by atoms with Crippen LogP contribution < -0.4 is 10.5 Å². The number of fused-ring (bicyclic) bond motifs is 2. The maximum absolute atomic E-state index is 12.3. The quantitative estimate of drug-likeness (QED) is 0.320. The molecular formula is C30H20Cl2N6O3. The Morgan fingerprint density at radius 3 is 2.24 bits per heavy atom. The molecule has 2 amide bonds. The van der Waals surface area contributed by atoms with Crippen molar-refractivity contribution in [1.29, 1.82) is 0 Å². The highest BCUT2D eigenvalue weighted by atomic mass is 35.5. The number of benzene rings is 3. The van der Waals surface area contributed by atoms with E-state index < -0.39 is 0 Å². The van der Waals surface area contributed by atoms with Gasteiger partial charge in [-0.3, -0.25) is 24.8 Å². The number of halogens is 2. The monoisotopic (exact) mass is 582 g/mol. The lowest BCUT2D eigenvalue weighted by atomic mass is 9.93. The molecule has 3 aromatic rings. The lowest BCUT2D eigenvalue weighted by Crippen LogP contribution is -2.20. The van der Waals surface area contributed by atoms with Gasteiger partial charge in [-0.25, -0.2) is 4.99 Å². The summed E-state index contributed by atoms with van der Waals surface area (Å²) in [6.45, 7) is -0.190. The molecule has 0 atom stereocenters. The van der Waals surface area contributed by atoms with Gasteiger partial charge in [-0.15, -0.1) is 10.3 Å². The van der Waals surface area contributed by atoms with Crippen LogP contribution in [0.5, 0.6) is 0 Å². The van der Waals surface area contributed by atoms with Crippen molar-refractivity contribution in [2.24, 2.45) is 20.1 Å². The minimum absolute atomic E-state index is 0.0736. The number of hydrogen-bond donors (Lipinski definition) is 2. The summed E-state index contributed by atoms with van der Waals surface area (Å²) in [5.74, 6) is -0.647. The smallest absolute Gasteiger partial charge is 0.267 e. The minimum atomic E-state index is -0.380. The fourth-order valence-electron chi connectivity index (χ4n) is 4.60. The van der Waals surface area contributed by atoms with Crippen LogP contribution >= 0.6 is 23.2 Å². The van der Waals surface area contributed by atoms with Crippen molar-refractivity contribution in [1.82, 2.24) is 0 Å². The van der Waals surface area contributed by atoms with Gasteiger partial charge >= 0.3 is 0 Å². The van der Waals surface area contributed by atoms with E-state index in [9.17, 15) is 14.8 Å². The van der Waals surface area contributed by atoms with Gasteiger partial charge in [0.2, 0.25) is 5.91 Å². The summed E-state index contributed by atoms with van der Waals surface area (Å²) in [7, 11) is 0. The van der Waals surface area contributed by atoms with Crippen LogP contribution in [-0.4, -0.2) is 53.0 Å². The van der Waals surface area contributed by atoms with E-state index in [-0.39, 0.29) is 24.9 Å². The molecule has 3 aliphatic rings. The second-order valence-corrected chi connectivity index (χ2v) is 9.98. The molecule has 0 fully saturated rings. The first-order valence-corrected chi connectivity index (χ1v) is 13.3. The number of benzodiazepines with no additional fused rings is 1. The number of rotatable bonds is 4. The Hall–Kier alpha value is -4.70. The molecule has 11 heteroatoms. The number of carbonyl (C=O) groups is 2. The van der Waals surface area contributed by atoms with Crippen molar-refractivity contribution < 1.29 is 14.8 Å². The third-order valence-corrected chi connectivity index (χ3v) is 7.12. The van der Waals surface area contributed by atoms with Gasteiger partial charge in [0.1, 0.15) is 13.1 Å². The van der Waals surface area contributed by atoms with Crippen LogP contribution in [0.25, 0.3) is 0 Å². The number of hydrazone groups is 1. The third-order valence-electron chi connectivity index (χ3n) is 6.47. The van der Waals surface area contributed by atoms with Gasteiger partial charge in [0, 0.05) is 32.3 Å². The van der Waals surface area contributed by atoms with Crippen molar-refractivity contribution in [2.75, 3.05) is 23.6 Å². The van der Waals surface area contributed by atoms with E-state index in [0.29, 0.717) is 66.5 Å². The Labute approximate surface area is 244 Å². The molecule has 41 heavy (non-hydrogen) atoms. The summed E-state index contributed by atoms with van der Waals surface area (Å²) < 4.78 is 0. The molecule has 9 nitrogen and oxygen atoms in total. The van der Waals surface area contributed by atoms with Crippen LogP contribution in [0.15, 0.2) is 111 Å². The largest absolute Gasteiger partial charge is 0.324 e. The fourth-order valence-corrected chi connectivity index (χ4v) is 5.05. The molecule has 3 aromatic carbocycles. The summed E-state index contributed by atoms with van der Waals surface area (Å²) >= 11 is 12.9. The molecule has 0 bridgehead atoms. The Bertz CT molecular complexity index is 1810. The lowest BCUT2D eigenvalue weighted by Gasteiger charge is -2.18. The van der Waals surface area contributed by atoms with Gasteiger partial charge < -0.3 is 5.32 Å². The average molecular weight is 583 g/mol. The molecule has 202 valence electrons. The second kappa shape index (κ2) is 11.1. The Morgan fingerprint density at radius 2 is 1.51 bits per heavy atom. The van der Waals surface area contributed by atoms with Crippen molar-refractivity contribution in [3.63, 3.8) is 0 Å². The minimum Gasteiger partial charge on any atom is -0.324 e. The number of nitrogens with zero attached hydrogens (tertiary/aromatic N) is 5. The summed E-state index contributed by atoms with van der Waals surface area (Å²) in [4.78, 5) is 37.7. The SMILES string of the molecule is O=C1CN=C(c2ccccc2Cl)C2=C/C(=N/N(O)c3ccc4c(c3)C(c3ccccc3Cl)=NCC(=O)N4)C=CC2=N1. The van der Waals surface area contributed by atoms with E-state index in [1.807, 2.05) is 36.4 Å². The second-order valence-electron chi connectivity index (χ2n) is 9.16. The van der Waals surface area contributed by atoms with E-state index in [4.69, 9.17) is 23.2 Å². The zero-order chi connectivity index (χ0) is 28.5. The first-order chi connectivity index (χ1) is 19.9. The molecule has 0 aromatic heterocycles. The van der Waals surface area contributed by atoms with Crippen LogP contribution in [0.2, 0.25) is 10.0 Å². The molecule has 0 spiro atoms. The molecule has 0 saturated carbocycles. The van der Waals surface area contributed by atoms with Crippen LogP contribution in [0.3, 0.4) is 0 Å². The van der Waals surface area contributed by atoms with Gasteiger partial charge in [0.05, 0.1) is 34.2 Å². The predicted octanol–water partition coefficient (Wildman–Crippen LogP) is 5.30. The van der Waals surface area contributed by atoms with Crippen molar-refractivity contribution >= 4 is 69.2 Å². The van der Waals surface area contributed by atoms with Crippen molar-refractivity contribution in [3.05, 3.63) is 117 Å². The van der Waals surface area contributed by atoms with E-state index in [0.717, 1.165) is 5.17 Å². The summed E-state index contributed by atoms with van der Waals surface area (Å²) in [5, 5.41) is 19.9. The number of aliphatic imine (C=N–C) groups is 3. The third kappa shape index (κ3) is 5.38. The normalized spacial score (nSPS) is 17.3. The average Bonchev–Trinajstić information content (AvgIpc) is 3.23. The number of anilines is 2. The Kier molecular flexibility index (Phi) is 7.15. The van der Waals surface area contributed by atoms with Crippen LogP contribution in [0.4, 0.5) is 11.4 Å². The van der Waals surface area contributed by atoms with Gasteiger partial charge in [-0.1, -0.05) is 59.6 Å². The van der Waals surface area contributed by atoms with E-state index in [2.05, 4.69) is 25.4 Å². The highest BCUT2D eigenvalue weighted by Gasteiger charge is 2.25. The molecule has 2 aliphatic heterocycles. The van der Waals surface area contributed by atoms with Crippen molar-refractivity contribution in [3.8, 4) is 0 Å². The van der Waals surface area contributed by atoms with E-state index in [1.165, 1.54) is 0 Å². The molecule has 2 heterocycles. The molecule has 1 aliphatic carbocycles. The first kappa shape index (κ1) is 26.5. The summed E-state index contributed by atoms with van der Waals surface area (Å²) in [6.07, 6.45) is 4.96. The van der Waals surface area contributed by atoms with Crippen LogP contribution in [0.1, 0.15) is 16.7 Å². The van der Waals surface area contributed by atoms with Gasteiger partial charge in [-0.05, 0) is 48.6 Å². The molecule has 6 rings (SSSR count). The Balaban J connectivity index is 1.39. The van der Waals surface area contributed by atoms with Crippen LogP contribution in [-0.2, 0) is 9.59 Å². The Morgan fingerprint density at radius 1 is 0.829 bits per heavy atom. The zero-order valence-electron chi connectivity index (χ0n) is 21.3. The number of carbonyl (C=O) groups excluding carboxylic acids is 2. The predicted molar refractivity (Wildman–Crippen MR) is 161 cm³/mol. The first-order valence-electron chi connectivity index (χ1n) is 12.5. The maximum atomic E-state index is 12.3. The topological polar surface area (TPSA) is 119 Å². The fraction of sp³-hybridized carbons (Fsp3) is 0.0667. The van der Waals surface area contributed by atoms with Crippen molar-refractivity contribution in [2.45, 2.75) is 0 Å². The zero-order valence-corrected chi connectivity index (χ0v) is 22.8. The number of amides is 2. The van der Waals surface area contributed by atoms with Gasteiger partial charge in [0.15, 0.2) is 0 Å². The molecular weight excluding hydrogens is 563 g/mol. The number of hydrogen-bond acceptors (Lipinski definition) is 7. The molecule has 0 unspecified atom stereocenters. The van der Waals surface area contributed by atoms with E-state index >= 15 is 0 Å². The van der Waals surface area contributed by atoms with Crippen LogP contribution in [0, 0.1) is 0 Å². The summed E-state index contributed by atoms with van der Waals surface area (Å²) in [5.41, 5.74) is 5.08. The standard InChI is InChI=1S/C30H20Cl2N6O3/c31-23-7-3-1-5-19(23)29-21-13-17(9-11-25(21)35-27(39)15-33-29)37-38(41)18-10-12-26-22(14-18)30(34-16-28(40)36-26)20-6-2-4-8-24(20)32/h1-14,41H,15-16H2,(H,36,40)/b37-17+. The molecule has 0 saturated heterocycles. The van der Waals surface area contributed by atoms with Gasteiger partial charge in [0.25, 0.3) is 5.91 Å². The highest BCUT2D eigenvalue weighted by Crippen LogP contribution is 2.30. The number of allylic oxidation sites excluding steroid dienone is 4. The summed E-state index contributed by atoms with van der Waals surface area (Å²) in [6, 6.07) is 19.4. The van der Waals surface area contributed by atoms with E-state index in [1.54, 1.807) is 48.6 Å². The number of nitrogens with one attached hydrogen (secondary N) is 1. The molecule has 2 N–H and O–H groups in total. The lowest BCUT2D eigenvalue weighted by molar-refractivity contribution is -0.116.